The summed E-state index contributed by atoms with van der Waals surface area (Å²) in [7, 11) is 0. The Morgan fingerprint density at radius 2 is 2.05 bits per heavy atom. The monoisotopic (exact) mass is 350 g/mol. The smallest absolute Gasteiger partial charge is 0.136 e. The number of hydrogen-bond donors (Lipinski definition) is 1. The molecule has 0 spiro atoms. The van der Waals surface area contributed by atoms with E-state index in [9.17, 15) is 0 Å². The molecule has 0 radical (unpaired) electrons. The van der Waals surface area contributed by atoms with E-state index in [0.29, 0.717) is 6.61 Å². The molecule has 112 valence electrons. The Morgan fingerprint density at radius 3 is 2.81 bits per heavy atom. The van der Waals surface area contributed by atoms with Gasteiger partial charge >= 0.3 is 0 Å². The molecule has 0 atom stereocenters. The van der Waals surface area contributed by atoms with Crippen molar-refractivity contribution in [2.45, 2.75) is 18.9 Å². The highest BCUT2D eigenvalue weighted by Crippen LogP contribution is 2.31. The third kappa shape index (κ3) is 3.20. The number of fused-ring (bicyclic) bond motifs is 1. The van der Waals surface area contributed by atoms with Gasteiger partial charge in [0.1, 0.15) is 5.82 Å². The molecule has 1 aromatic heterocycles. The van der Waals surface area contributed by atoms with E-state index >= 15 is 0 Å². The fourth-order valence-corrected chi connectivity index (χ4v) is 3.36. The zero-order chi connectivity index (χ0) is 14.7. The molecule has 1 N–H and O–H groups in total. The molecular weight excluding hydrogens is 332 g/mol. The van der Waals surface area contributed by atoms with Crippen molar-refractivity contribution in [2.75, 3.05) is 31.2 Å². The SMILES string of the molecule is OCCOC1CCN(c2nccc3c(Br)cccc23)CC1. The van der Waals surface area contributed by atoms with Gasteiger partial charge in [0.2, 0.25) is 0 Å². The van der Waals surface area contributed by atoms with Crippen molar-refractivity contribution in [1.82, 2.24) is 4.98 Å². The van der Waals surface area contributed by atoms with Crippen LogP contribution < -0.4 is 4.90 Å². The zero-order valence-corrected chi connectivity index (χ0v) is 13.4. The van der Waals surface area contributed by atoms with Gasteiger partial charge in [-0.05, 0) is 25.0 Å². The van der Waals surface area contributed by atoms with E-state index < -0.39 is 0 Å². The van der Waals surface area contributed by atoms with Crippen molar-refractivity contribution in [2.24, 2.45) is 0 Å². The Balaban J connectivity index is 1.78. The third-order valence-electron chi connectivity index (χ3n) is 3.92. The summed E-state index contributed by atoms with van der Waals surface area (Å²) in [5.41, 5.74) is 0. The molecule has 1 fully saturated rings. The van der Waals surface area contributed by atoms with Gasteiger partial charge in [0.25, 0.3) is 0 Å². The molecule has 0 bridgehead atoms. The normalized spacial score (nSPS) is 16.6. The summed E-state index contributed by atoms with van der Waals surface area (Å²) in [6, 6.07) is 8.27. The van der Waals surface area contributed by atoms with E-state index in [-0.39, 0.29) is 12.7 Å². The molecule has 2 heterocycles. The second kappa shape index (κ2) is 6.73. The summed E-state index contributed by atoms with van der Waals surface area (Å²) in [4.78, 5) is 6.91. The number of aromatic nitrogens is 1. The quantitative estimate of drug-likeness (QED) is 0.920. The highest BCUT2D eigenvalue weighted by molar-refractivity contribution is 9.10. The van der Waals surface area contributed by atoms with E-state index in [1.54, 1.807) is 0 Å². The number of ether oxygens (including phenoxy) is 1. The van der Waals surface area contributed by atoms with Crippen LogP contribution in [0, 0.1) is 0 Å². The molecule has 21 heavy (non-hydrogen) atoms. The van der Waals surface area contributed by atoms with Gasteiger partial charge < -0.3 is 14.7 Å². The molecule has 0 amide bonds. The minimum Gasteiger partial charge on any atom is -0.394 e. The molecule has 1 aromatic carbocycles. The first-order valence-corrected chi connectivity index (χ1v) is 8.09. The van der Waals surface area contributed by atoms with E-state index in [0.717, 1.165) is 36.2 Å². The second-order valence-electron chi connectivity index (χ2n) is 5.25. The van der Waals surface area contributed by atoms with Crippen LogP contribution in [0.4, 0.5) is 5.82 Å². The Morgan fingerprint density at radius 1 is 1.24 bits per heavy atom. The first kappa shape index (κ1) is 14.8. The second-order valence-corrected chi connectivity index (χ2v) is 6.10. The van der Waals surface area contributed by atoms with Gasteiger partial charge in [0, 0.05) is 34.5 Å². The average Bonchev–Trinajstić information content (AvgIpc) is 2.53. The zero-order valence-electron chi connectivity index (χ0n) is 11.8. The molecule has 0 saturated carbocycles. The molecule has 0 unspecified atom stereocenters. The molecule has 3 rings (SSSR count). The van der Waals surface area contributed by atoms with Gasteiger partial charge in [-0.2, -0.15) is 0 Å². The predicted molar refractivity (Wildman–Crippen MR) is 87.7 cm³/mol. The molecule has 1 saturated heterocycles. The van der Waals surface area contributed by atoms with Crippen LogP contribution >= 0.6 is 15.9 Å². The van der Waals surface area contributed by atoms with Gasteiger partial charge in [-0.1, -0.05) is 28.1 Å². The van der Waals surface area contributed by atoms with Crippen LogP contribution in [0.1, 0.15) is 12.8 Å². The maximum absolute atomic E-state index is 8.82. The number of rotatable bonds is 4. The molecule has 0 aliphatic carbocycles. The van der Waals surface area contributed by atoms with Crippen LogP contribution in [-0.4, -0.2) is 42.5 Å². The minimum absolute atomic E-state index is 0.0963. The molecular formula is C16H19BrN2O2. The van der Waals surface area contributed by atoms with Gasteiger partial charge in [-0.25, -0.2) is 4.98 Å². The molecule has 2 aromatic rings. The lowest BCUT2D eigenvalue weighted by Crippen LogP contribution is -2.37. The summed E-state index contributed by atoms with van der Waals surface area (Å²) in [6.07, 6.45) is 4.09. The number of aliphatic hydroxyl groups is 1. The van der Waals surface area contributed by atoms with Gasteiger partial charge in [-0.3, -0.25) is 0 Å². The van der Waals surface area contributed by atoms with E-state index in [4.69, 9.17) is 9.84 Å². The third-order valence-corrected chi connectivity index (χ3v) is 4.61. The number of nitrogens with zero attached hydrogens (tertiary/aromatic N) is 2. The Labute approximate surface area is 132 Å². The number of pyridine rings is 1. The summed E-state index contributed by atoms with van der Waals surface area (Å²) in [5.74, 6) is 1.05. The van der Waals surface area contributed by atoms with Crippen LogP contribution in [0.25, 0.3) is 10.8 Å². The number of benzene rings is 1. The summed E-state index contributed by atoms with van der Waals surface area (Å²) < 4.78 is 6.72. The highest BCUT2D eigenvalue weighted by atomic mass is 79.9. The average molecular weight is 351 g/mol. The number of piperidine rings is 1. The summed E-state index contributed by atoms with van der Waals surface area (Å²) in [5, 5.41) is 11.2. The standard InChI is InChI=1S/C16H19BrN2O2/c17-15-3-1-2-14-13(15)4-7-18-16(14)19-8-5-12(6-9-19)21-11-10-20/h1-4,7,12,20H,5-6,8-11H2. The van der Waals surface area contributed by atoms with Crippen LogP contribution in [0.5, 0.6) is 0 Å². The van der Waals surface area contributed by atoms with E-state index in [2.05, 4.69) is 44.0 Å². The van der Waals surface area contributed by atoms with Crippen LogP contribution in [0.2, 0.25) is 0 Å². The predicted octanol–water partition coefficient (Wildman–Crippen LogP) is 2.98. The lowest BCUT2D eigenvalue weighted by atomic mass is 10.1. The number of anilines is 1. The number of aliphatic hydroxyl groups excluding tert-OH is 1. The van der Waals surface area contributed by atoms with Crippen molar-refractivity contribution < 1.29 is 9.84 Å². The first-order chi connectivity index (χ1) is 10.3. The van der Waals surface area contributed by atoms with Crippen molar-refractivity contribution in [3.05, 3.63) is 34.9 Å². The van der Waals surface area contributed by atoms with Gasteiger partial charge in [0.15, 0.2) is 0 Å². The number of halogens is 1. The van der Waals surface area contributed by atoms with Crippen molar-refractivity contribution in [3.63, 3.8) is 0 Å². The molecule has 4 nitrogen and oxygen atoms in total. The van der Waals surface area contributed by atoms with Gasteiger partial charge in [-0.15, -0.1) is 0 Å². The fraction of sp³-hybridized carbons (Fsp3) is 0.438. The largest absolute Gasteiger partial charge is 0.394 e. The Hall–Kier alpha value is -1.17. The Bertz CT molecular complexity index is 612. The van der Waals surface area contributed by atoms with E-state index in [1.165, 1.54) is 10.8 Å². The van der Waals surface area contributed by atoms with Crippen molar-refractivity contribution in [3.8, 4) is 0 Å². The van der Waals surface area contributed by atoms with Gasteiger partial charge in [0.05, 0.1) is 19.3 Å². The van der Waals surface area contributed by atoms with Crippen LogP contribution in [0.3, 0.4) is 0 Å². The highest BCUT2D eigenvalue weighted by Gasteiger charge is 2.21. The first-order valence-electron chi connectivity index (χ1n) is 7.30. The maximum atomic E-state index is 8.82. The van der Waals surface area contributed by atoms with Crippen molar-refractivity contribution in [1.29, 1.82) is 0 Å². The summed E-state index contributed by atoms with van der Waals surface area (Å²) in [6.45, 7) is 2.41. The molecule has 1 aliphatic heterocycles. The van der Waals surface area contributed by atoms with Crippen LogP contribution in [-0.2, 0) is 4.74 Å². The minimum atomic E-state index is 0.0963. The molecule has 1 aliphatic rings. The maximum Gasteiger partial charge on any atom is 0.136 e. The van der Waals surface area contributed by atoms with Crippen LogP contribution in [0.15, 0.2) is 34.9 Å². The summed E-state index contributed by atoms with van der Waals surface area (Å²) >= 11 is 3.60. The fourth-order valence-electron chi connectivity index (χ4n) is 2.86. The lowest BCUT2D eigenvalue weighted by Gasteiger charge is -2.33. The number of hydrogen-bond acceptors (Lipinski definition) is 4. The van der Waals surface area contributed by atoms with Crippen molar-refractivity contribution >= 4 is 32.5 Å². The van der Waals surface area contributed by atoms with E-state index in [1.807, 2.05) is 12.3 Å². The lowest BCUT2D eigenvalue weighted by molar-refractivity contribution is 0.0158. The topological polar surface area (TPSA) is 45.6 Å². The Kier molecular flexibility index (Phi) is 4.73. The molecule has 5 heteroatoms.